The standard InChI is InChI=1S/C13H22N2O6/c1-8(9-3-4-9)15(5-6-21-2)13(20)14-10(12(18)19)7-11(16)17/h8-10H,3-7H2,1-2H3,(H,14,20)(H,16,17)(H,18,19). The molecule has 0 aromatic rings. The van der Waals surface area contributed by atoms with E-state index < -0.39 is 30.4 Å². The Balaban J connectivity index is 2.68. The van der Waals surface area contributed by atoms with Crippen LogP contribution < -0.4 is 5.32 Å². The predicted octanol–water partition coefficient (Wildman–Crippen LogP) is 0.371. The molecule has 2 atom stereocenters. The van der Waals surface area contributed by atoms with Gasteiger partial charge in [0.2, 0.25) is 0 Å². The Morgan fingerprint density at radius 1 is 1.33 bits per heavy atom. The van der Waals surface area contributed by atoms with Gasteiger partial charge in [-0.2, -0.15) is 0 Å². The van der Waals surface area contributed by atoms with Crippen LogP contribution in [-0.4, -0.2) is 65.4 Å². The lowest BCUT2D eigenvalue weighted by Crippen LogP contribution is -2.52. The molecule has 2 amide bonds. The molecule has 1 aliphatic rings. The fourth-order valence-corrected chi connectivity index (χ4v) is 2.12. The number of amides is 2. The Kier molecular flexibility index (Phi) is 6.41. The molecular weight excluding hydrogens is 280 g/mol. The summed E-state index contributed by atoms with van der Waals surface area (Å²) in [6.45, 7) is 2.57. The monoisotopic (exact) mass is 302 g/mol. The minimum Gasteiger partial charge on any atom is -0.481 e. The van der Waals surface area contributed by atoms with Gasteiger partial charge in [0.25, 0.3) is 0 Å². The second-order valence-electron chi connectivity index (χ2n) is 5.20. The number of nitrogens with one attached hydrogen (secondary N) is 1. The molecule has 0 spiro atoms. The Labute approximate surface area is 123 Å². The highest BCUT2D eigenvalue weighted by Gasteiger charge is 2.35. The van der Waals surface area contributed by atoms with E-state index in [2.05, 4.69) is 5.32 Å². The zero-order valence-electron chi connectivity index (χ0n) is 12.2. The van der Waals surface area contributed by atoms with Gasteiger partial charge in [0.15, 0.2) is 0 Å². The number of nitrogens with zero attached hydrogens (tertiary/aromatic N) is 1. The van der Waals surface area contributed by atoms with E-state index in [4.69, 9.17) is 14.9 Å². The van der Waals surface area contributed by atoms with E-state index in [1.54, 1.807) is 0 Å². The molecule has 3 N–H and O–H groups in total. The third kappa shape index (κ3) is 5.58. The van der Waals surface area contributed by atoms with Crippen LogP contribution in [-0.2, 0) is 14.3 Å². The normalized spacial score (nSPS) is 16.9. The largest absolute Gasteiger partial charge is 0.481 e. The summed E-state index contributed by atoms with van der Waals surface area (Å²) in [6.07, 6.45) is 1.42. The Hall–Kier alpha value is -1.83. The van der Waals surface area contributed by atoms with E-state index in [1.165, 1.54) is 12.0 Å². The van der Waals surface area contributed by atoms with E-state index in [9.17, 15) is 14.4 Å². The molecule has 0 heterocycles. The van der Waals surface area contributed by atoms with Gasteiger partial charge in [0.05, 0.1) is 13.0 Å². The Bertz CT molecular complexity index is 396. The second-order valence-corrected chi connectivity index (χ2v) is 5.20. The number of carbonyl (C=O) groups is 3. The molecule has 0 radical (unpaired) electrons. The SMILES string of the molecule is COCCN(C(=O)NC(CC(=O)O)C(=O)O)C(C)C1CC1. The van der Waals surface area contributed by atoms with Gasteiger partial charge in [-0.3, -0.25) is 4.79 Å². The van der Waals surface area contributed by atoms with Gasteiger partial charge in [-0.15, -0.1) is 0 Å². The third-order valence-electron chi connectivity index (χ3n) is 3.57. The third-order valence-corrected chi connectivity index (χ3v) is 3.57. The number of hydrogen-bond acceptors (Lipinski definition) is 4. The smallest absolute Gasteiger partial charge is 0.326 e. The molecule has 0 aromatic carbocycles. The fourth-order valence-electron chi connectivity index (χ4n) is 2.12. The van der Waals surface area contributed by atoms with E-state index in [0.29, 0.717) is 19.1 Å². The van der Waals surface area contributed by atoms with Crippen molar-refractivity contribution in [2.45, 2.75) is 38.3 Å². The lowest BCUT2D eigenvalue weighted by Gasteiger charge is -2.30. The maximum Gasteiger partial charge on any atom is 0.326 e. The maximum absolute atomic E-state index is 12.2. The number of carboxylic acid groups (broad SMARTS) is 2. The number of methoxy groups -OCH3 is 1. The highest BCUT2D eigenvalue weighted by atomic mass is 16.5. The van der Waals surface area contributed by atoms with Crippen LogP contribution >= 0.6 is 0 Å². The number of aliphatic carboxylic acids is 2. The summed E-state index contributed by atoms with van der Waals surface area (Å²) in [7, 11) is 1.52. The highest BCUT2D eigenvalue weighted by Crippen LogP contribution is 2.35. The predicted molar refractivity (Wildman–Crippen MR) is 73.0 cm³/mol. The summed E-state index contributed by atoms with van der Waals surface area (Å²) in [6, 6.07) is -2.04. The van der Waals surface area contributed by atoms with Crippen LogP contribution in [0.1, 0.15) is 26.2 Å². The minimum atomic E-state index is -1.44. The van der Waals surface area contributed by atoms with Gasteiger partial charge in [0.1, 0.15) is 6.04 Å². The van der Waals surface area contributed by atoms with Crippen molar-refractivity contribution in [3.63, 3.8) is 0 Å². The first-order valence-corrected chi connectivity index (χ1v) is 6.87. The van der Waals surface area contributed by atoms with Gasteiger partial charge < -0.3 is 25.2 Å². The average molecular weight is 302 g/mol. The number of carboxylic acids is 2. The van der Waals surface area contributed by atoms with Crippen molar-refractivity contribution in [3.8, 4) is 0 Å². The lowest BCUT2D eigenvalue weighted by molar-refractivity contribution is -0.145. The molecule has 8 heteroatoms. The van der Waals surface area contributed by atoms with E-state index in [0.717, 1.165) is 12.8 Å². The van der Waals surface area contributed by atoms with Crippen LogP contribution in [0.3, 0.4) is 0 Å². The summed E-state index contributed by atoms with van der Waals surface area (Å²) < 4.78 is 4.96. The number of carbonyl (C=O) groups excluding carboxylic acids is 1. The zero-order chi connectivity index (χ0) is 16.0. The van der Waals surface area contributed by atoms with E-state index in [-0.39, 0.29) is 6.04 Å². The quantitative estimate of drug-likeness (QED) is 0.566. The van der Waals surface area contributed by atoms with Gasteiger partial charge in [0, 0.05) is 19.7 Å². The number of ether oxygens (including phenoxy) is 1. The molecular formula is C13H22N2O6. The van der Waals surface area contributed by atoms with Crippen molar-refractivity contribution in [1.82, 2.24) is 10.2 Å². The molecule has 21 heavy (non-hydrogen) atoms. The zero-order valence-corrected chi connectivity index (χ0v) is 12.2. The minimum absolute atomic E-state index is 0.0283. The maximum atomic E-state index is 12.2. The number of rotatable bonds is 9. The molecule has 120 valence electrons. The van der Waals surface area contributed by atoms with Crippen molar-refractivity contribution in [1.29, 1.82) is 0 Å². The average Bonchev–Trinajstić information content (AvgIpc) is 3.21. The van der Waals surface area contributed by atoms with Crippen molar-refractivity contribution < 1.29 is 29.3 Å². The molecule has 2 unspecified atom stereocenters. The number of hydrogen-bond donors (Lipinski definition) is 3. The van der Waals surface area contributed by atoms with Crippen molar-refractivity contribution in [3.05, 3.63) is 0 Å². The molecule has 1 fully saturated rings. The van der Waals surface area contributed by atoms with Crippen molar-refractivity contribution in [2.24, 2.45) is 5.92 Å². The summed E-state index contributed by atoms with van der Waals surface area (Å²) >= 11 is 0. The van der Waals surface area contributed by atoms with E-state index >= 15 is 0 Å². The van der Waals surface area contributed by atoms with Gasteiger partial charge in [-0.25, -0.2) is 9.59 Å². The molecule has 1 rings (SSSR count). The molecule has 1 aliphatic carbocycles. The Morgan fingerprint density at radius 2 is 1.95 bits per heavy atom. The summed E-state index contributed by atoms with van der Waals surface area (Å²) in [4.78, 5) is 35.4. The van der Waals surface area contributed by atoms with Crippen LogP contribution in [0.15, 0.2) is 0 Å². The van der Waals surface area contributed by atoms with Gasteiger partial charge in [-0.05, 0) is 25.7 Å². The highest BCUT2D eigenvalue weighted by molar-refractivity contribution is 5.86. The molecule has 0 aliphatic heterocycles. The first-order valence-electron chi connectivity index (χ1n) is 6.87. The first-order chi connectivity index (χ1) is 9.86. The van der Waals surface area contributed by atoms with Gasteiger partial charge >= 0.3 is 18.0 Å². The second kappa shape index (κ2) is 7.82. The summed E-state index contributed by atoms with van der Waals surface area (Å²) in [5, 5.41) is 19.9. The summed E-state index contributed by atoms with van der Waals surface area (Å²) in [5.74, 6) is -2.23. The molecule has 8 nitrogen and oxygen atoms in total. The number of urea groups is 1. The van der Waals surface area contributed by atoms with Crippen LogP contribution in [0, 0.1) is 5.92 Å². The molecule has 0 aromatic heterocycles. The lowest BCUT2D eigenvalue weighted by atomic mass is 10.2. The Morgan fingerprint density at radius 3 is 2.38 bits per heavy atom. The van der Waals surface area contributed by atoms with Gasteiger partial charge in [-0.1, -0.05) is 0 Å². The topological polar surface area (TPSA) is 116 Å². The van der Waals surface area contributed by atoms with Crippen LogP contribution in [0.5, 0.6) is 0 Å². The van der Waals surface area contributed by atoms with Crippen LogP contribution in [0.4, 0.5) is 4.79 Å². The molecule has 1 saturated carbocycles. The molecule has 0 bridgehead atoms. The fraction of sp³-hybridized carbons (Fsp3) is 0.769. The molecule has 0 saturated heterocycles. The first kappa shape index (κ1) is 17.2. The van der Waals surface area contributed by atoms with Crippen molar-refractivity contribution in [2.75, 3.05) is 20.3 Å². The summed E-state index contributed by atoms with van der Waals surface area (Å²) in [5.41, 5.74) is 0. The van der Waals surface area contributed by atoms with Crippen molar-refractivity contribution >= 4 is 18.0 Å². The van der Waals surface area contributed by atoms with E-state index in [1.807, 2.05) is 6.92 Å². The van der Waals surface area contributed by atoms with Crippen LogP contribution in [0.2, 0.25) is 0 Å². The van der Waals surface area contributed by atoms with Crippen LogP contribution in [0.25, 0.3) is 0 Å².